The number of anilines is 5. The number of fused-ring (bicyclic) bond motifs is 6. The third-order valence-electron chi connectivity index (χ3n) is 8.07. The molecular weight excluding hydrogens is 768 g/mol. The number of carbonyl (C=O) groups excluding carboxylic acids is 1. The number of alkyl halides is 6. The molecule has 5 N–H and O–H groups in total. The number of nitrogens with zero attached hydrogens (tertiary/aromatic N) is 4. The van der Waals surface area contributed by atoms with Crippen molar-refractivity contribution in [1.29, 1.82) is 0 Å². The highest BCUT2D eigenvalue weighted by molar-refractivity contribution is 6.32. The number of carbonyl (C=O) groups is 3. The molecule has 0 atom stereocenters. The van der Waals surface area contributed by atoms with E-state index in [0.717, 1.165) is 79.1 Å². The number of carboxylic acids is 2. The Morgan fingerprint density at radius 1 is 0.964 bits per heavy atom. The molecule has 296 valence electrons. The van der Waals surface area contributed by atoms with Gasteiger partial charge in [0, 0.05) is 31.0 Å². The lowest BCUT2D eigenvalue weighted by molar-refractivity contribution is -0.193. The van der Waals surface area contributed by atoms with E-state index in [0.29, 0.717) is 35.1 Å². The van der Waals surface area contributed by atoms with Gasteiger partial charge in [-0.25, -0.2) is 19.4 Å². The zero-order chi connectivity index (χ0) is 40.3. The third kappa shape index (κ3) is 12.9. The Balaban J connectivity index is 0.000000410. The Hall–Kier alpha value is -5.79. The van der Waals surface area contributed by atoms with Crippen LogP contribution in [0.25, 0.3) is 0 Å². The average Bonchev–Trinajstić information content (AvgIpc) is 3.53. The van der Waals surface area contributed by atoms with E-state index < -0.39 is 24.3 Å². The summed E-state index contributed by atoms with van der Waals surface area (Å²) in [5.74, 6) is -2.46. The van der Waals surface area contributed by atoms with Crippen LogP contribution in [0, 0.1) is 12.8 Å². The van der Waals surface area contributed by atoms with Gasteiger partial charge in [-0.3, -0.25) is 4.98 Å². The SMILES string of the molecule is Cc1occc1NC(=O)N1CCC(CCOc2ccc3cc2CCc2cncc(c2)Nc2ncc(Cl)c(n2)N3)CC1.O=C(O)C(F)(F)F.O=C(O)C(F)(F)F. The second-order valence-corrected chi connectivity index (χ2v) is 12.4. The molecule has 2 amide bonds. The quantitative estimate of drug-likeness (QED) is 0.122. The molecule has 55 heavy (non-hydrogen) atoms. The number of aromatic nitrogens is 3. The number of urea groups is 1. The number of nitrogens with one attached hydrogen (secondary N) is 3. The maximum atomic E-state index is 12.6. The summed E-state index contributed by atoms with van der Waals surface area (Å²) in [7, 11) is 0. The number of aliphatic carboxylic acids is 2. The average molecular weight is 802 g/mol. The number of hydrogen-bond acceptors (Lipinski definition) is 10. The number of pyridine rings is 1. The molecule has 1 aromatic carbocycles. The lowest BCUT2D eigenvalue weighted by Gasteiger charge is -2.32. The van der Waals surface area contributed by atoms with Crippen LogP contribution in [0.5, 0.6) is 5.75 Å². The number of carboxylic acid groups (broad SMARTS) is 2. The summed E-state index contributed by atoms with van der Waals surface area (Å²) in [6.07, 6.45) is 1.06. The second kappa shape index (κ2) is 18.5. The van der Waals surface area contributed by atoms with Gasteiger partial charge >= 0.3 is 30.3 Å². The van der Waals surface area contributed by atoms with E-state index in [4.69, 9.17) is 40.6 Å². The van der Waals surface area contributed by atoms with Crippen molar-refractivity contribution in [2.24, 2.45) is 5.92 Å². The summed E-state index contributed by atoms with van der Waals surface area (Å²) in [4.78, 5) is 45.5. The zero-order valence-corrected chi connectivity index (χ0v) is 29.6. The van der Waals surface area contributed by atoms with Gasteiger partial charge in [0.2, 0.25) is 5.95 Å². The lowest BCUT2D eigenvalue weighted by Crippen LogP contribution is -2.41. The summed E-state index contributed by atoms with van der Waals surface area (Å²) >= 11 is 6.39. The fraction of sp³-hybridized carbons (Fsp3) is 0.353. The maximum Gasteiger partial charge on any atom is 0.490 e. The van der Waals surface area contributed by atoms with E-state index in [2.05, 4.69) is 43.0 Å². The smallest absolute Gasteiger partial charge is 0.490 e. The highest BCUT2D eigenvalue weighted by Gasteiger charge is 2.39. The molecule has 0 saturated carbocycles. The minimum absolute atomic E-state index is 0.0751. The number of halogens is 7. The number of piperidine rings is 1. The molecule has 0 unspecified atom stereocenters. The first kappa shape index (κ1) is 42.0. The van der Waals surface area contributed by atoms with Crippen LogP contribution in [0.15, 0.2) is 59.6 Å². The van der Waals surface area contributed by atoms with E-state index in [1.54, 1.807) is 24.7 Å². The van der Waals surface area contributed by atoms with Crippen LogP contribution in [0.1, 0.15) is 36.1 Å². The topological polar surface area (TPSA) is 192 Å². The predicted molar refractivity (Wildman–Crippen MR) is 186 cm³/mol. The Bertz CT molecular complexity index is 1930. The number of furan rings is 1. The second-order valence-electron chi connectivity index (χ2n) is 12.0. The van der Waals surface area contributed by atoms with Gasteiger partial charge in [-0.1, -0.05) is 11.6 Å². The van der Waals surface area contributed by atoms with Crippen LogP contribution in [-0.4, -0.2) is 80.1 Å². The van der Waals surface area contributed by atoms with Gasteiger partial charge in [-0.2, -0.15) is 31.3 Å². The van der Waals surface area contributed by atoms with Gasteiger partial charge in [0.05, 0.1) is 36.6 Å². The first-order chi connectivity index (χ1) is 25.9. The molecule has 1 saturated heterocycles. The molecule has 21 heteroatoms. The molecule has 0 radical (unpaired) electrons. The van der Waals surface area contributed by atoms with Crippen molar-refractivity contribution in [3.05, 3.63) is 77.1 Å². The molecule has 1 fully saturated rings. The molecule has 4 aromatic rings. The number of aryl methyl sites for hydroxylation is 3. The highest BCUT2D eigenvalue weighted by atomic mass is 35.5. The van der Waals surface area contributed by atoms with Crippen LogP contribution in [0.3, 0.4) is 0 Å². The molecule has 6 bridgehead atoms. The van der Waals surface area contributed by atoms with Gasteiger partial charge in [-0.15, -0.1) is 0 Å². The van der Waals surface area contributed by atoms with Crippen molar-refractivity contribution < 1.29 is 60.1 Å². The first-order valence-electron chi connectivity index (χ1n) is 16.4. The fourth-order valence-corrected chi connectivity index (χ4v) is 5.35. The highest BCUT2D eigenvalue weighted by Crippen LogP contribution is 2.31. The van der Waals surface area contributed by atoms with Crippen molar-refractivity contribution in [1.82, 2.24) is 19.9 Å². The van der Waals surface area contributed by atoms with Gasteiger partial charge in [-0.05, 0) is 80.3 Å². The monoisotopic (exact) mass is 801 g/mol. The van der Waals surface area contributed by atoms with Gasteiger partial charge in [0.15, 0.2) is 5.82 Å². The van der Waals surface area contributed by atoms with Gasteiger partial charge in [0.25, 0.3) is 0 Å². The number of benzene rings is 1. The molecule has 0 aliphatic carbocycles. The normalized spacial score (nSPS) is 14.1. The Kier molecular flexibility index (Phi) is 14.1. The number of rotatable bonds is 5. The maximum absolute atomic E-state index is 12.6. The van der Waals surface area contributed by atoms with Crippen LogP contribution >= 0.6 is 11.6 Å². The summed E-state index contributed by atoms with van der Waals surface area (Å²) < 4.78 is 75.1. The summed E-state index contributed by atoms with van der Waals surface area (Å²) in [6.45, 7) is 3.92. The summed E-state index contributed by atoms with van der Waals surface area (Å²) in [6, 6.07) is 9.83. The zero-order valence-electron chi connectivity index (χ0n) is 28.8. The van der Waals surface area contributed by atoms with Gasteiger partial charge < -0.3 is 40.2 Å². The molecular formula is C34H34ClF6N7O7. The van der Waals surface area contributed by atoms with Crippen LogP contribution in [0.2, 0.25) is 5.02 Å². The lowest BCUT2D eigenvalue weighted by atomic mass is 9.94. The van der Waals surface area contributed by atoms with Crippen LogP contribution in [-0.2, 0) is 22.4 Å². The van der Waals surface area contributed by atoms with Crippen molar-refractivity contribution in [2.75, 3.05) is 35.6 Å². The van der Waals surface area contributed by atoms with Crippen LogP contribution in [0.4, 0.5) is 60.0 Å². The summed E-state index contributed by atoms with van der Waals surface area (Å²) in [5.41, 5.74) is 4.61. The first-order valence-corrected chi connectivity index (χ1v) is 16.7. The molecule has 2 aliphatic rings. The fourth-order valence-electron chi connectivity index (χ4n) is 5.22. The largest absolute Gasteiger partial charge is 0.493 e. The number of amides is 2. The van der Waals surface area contributed by atoms with Crippen LogP contribution < -0.4 is 20.7 Å². The van der Waals surface area contributed by atoms with E-state index >= 15 is 0 Å². The number of hydrogen-bond donors (Lipinski definition) is 5. The minimum Gasteiger partial charge on any atom is -0.493 e. The van der Waals surface area contributed by atoms with Crippen molar-refractivity contribution in [3.8, 4) is 5.75 Å². The van der Waals surface area contributed by atoms with Crippen molar-refractivity contribution in [2.45, 2.75) is 51.4 Å². The Morgan fingerprint density at radius 3 is 2.25 bits per heavy atom. The predicted octanol–water partition coefficient (Wildman–Crippen LogP) is 7.99. The van der Waals surface area contributed by atoms with E-state index in [9.17, 15) is 31.1 Å². The standard InChI is InChI=1S/C30H32ClN7O3.2C2HF3O2/c1-19-26(9-13-40-19)36-30(39)38-10-6-20(7-11-38)8-12-41-27-5-4-23-15-22(27)3-2-21-14-24(17-32-16-21)35-29-33-18-25(31)28(34-23)37-29;2*3-2(4,5)1(6)7/h4-5,9,13-18,20H,2-3,6-8,10-12H2,1H3,(H,36,39)(H2,33,34,35,37);2*(H,6,7). The van der Waals surface area contributed by atoms with E-state index in [-0.39, 0.29) is 6.03 Å². The Morgan fingerprint density at radius 2 is 1.64 bits per heavy atom. The van der Waals surface area contributed by atoms with Gasteiger partial charge in [0.1, 0.15) is 16.5 Å². The molecule has 3 aromatic heterocycles. The van der Waals surface area contributed by atoms with E-state index in [1.807, 2.05) is 30.2 Å². The van der Waals surface area contributed by atoms with Crippen molar-refractivity contribution >= 4 is 58.4 Å². The third-order valence-corrected chi connectivity index (χ3v) is 8.35. The summed E-state index contributed by atoms with van der Waals surface area (Å²) in [5, 5.41) is 24.2. The number of ether oxygens (including phenoxy) is 1. The molecule has 2 aliphatic heterocycles. The molecule has 6 rings (SSSR count). The molecule has 0 spiro atoms. The Labute approximate surface area is 313 Å². The van der Waals surface area contributed by atoms with E-state index in [1.165, 1.54) is 0 Å². The van der Waals surface area contributed by atoms with Crippen molar-refractivity contribution in [3.63, 3.8) is 0 Å². The molecule has 14 nitrogen and oxygen atoms in total. The minimum atomic E-state index is -5.08. The number of likely N-dealkylation sites (tertiary alicyclic amines) is 1. The molecule has 5 heterocycles.